The second kappa shape index (κ2) is 8.12. The molecule has 4 nitrogen and oxygen atoms in total. The van der Waals surface area contributed by atoms with Crippen LogP contribution in [0.4, 0.5) is 5.69 Å². The minimum atomic E-state index is -0.200. The van der Waals surface area contributed by atoms with Gasteiger partial charge in [-0.15, -0.1) is 11.8 Å². The van der Waals surface area contributed by atoms with E-state index in [4.69, 9.17) is 0 Å². The summed E-state index contributed by atoms with van der Waals surface area (Å²) in [4.78, 5) is 28.9. The molecule has 1 fully saturated rings. The molecule has 0 atom stereocenters. The van der Waals surface area contributed by atoms with Gasteiger partial charge in [0.05, 0.1) is 0 Å². The predicted molar refractivity (Wildman–Crippen MR) is 107 cm³/mol. The Kier molecular flexibility index (Phi) is 5.87. The Hall–Kier alpha value is -2.01. The first-order chi connectivity index (χ1) is 12.5. The van der Waals surface area contributed by atoms with E-state index in [1.54, 1.807) is 0 Å². The quantitative estimate of drug-likeness (QED) is 0.672. The van der Waals surface area contributed by atoms with Gasteiger partial charge in [0.15, 0.2) is 5.78 Å². The van der Waals surface area contributed by atoms with Crippen LogP contribution < -0.4 is 5.32 Å². The van der Waals surface area contributed by atoms with Crippen molar-refractivity contribution in [1.29, 1.82) is 0 Å². The molecule has 138 valence electrons. The van der Waals surface area contributed by atoms with E-state index in [-0.39, 0.29) is 11.7 Å². The lowest BCUT2D eigenvalue weighted by atomic mass is 10.0. The summed E-state index contributed by atoms with van der Waals surface area (Å²) >= 11 is 1.93. The number of carbonyl (C=O) groups excluding carboxylic acids is 2. The van der Waals surface area contributed by atoms with Crippen LogP contribution in [0, 0.1) is 6.92 Å². The molecule has 1 amide bonds. The second-order valence-corrected chi connectivity index (χ2v) is 8.26. The van der Waals surface area contributed by atoms with Crippen LogP contribution in [0.3, 0.4) is 0 Å². The number of hydrogen-bond acceptors (Lipinski definition) is 3. The molecular weight excluding hydrogens is 344 g/mol. The Morgan fingerprint density at radius 1 is 1.19 bits per heavy atom. The summed E-state index contributed by atoms with van der Waals surface area (Å²) in [5.74, 6) is -0.211. The van der Waals surface area contributed by atoms with Gasteiger partial charge in [-0.3, -0.25) is 9.59 Å². The van der Waals surface area contributed by atoms with Crippen LogP contribution in [-0.2, 0) is 6.42 Å². The fraction of sp³-hybridized carbons (Fsp3) is 0.429. The standard InChI is InChI=1S/C21H26N2O2S/c1-4-18-19(14(3)24)13(2)22-20(18)21(25)23-15-9-11-17(12-10-15)26-16-7-5-6-8-16/h9-12,16,22H,4-8H2,1-3H3,(H,23,25). The van der Waals surface area contributed by atoms with Crippen molar-refractivity contribution in [1.82, 2.24) is 4.98 Å². The number of Topliss-reactive ketones (excluding diaryl/α,β-unsaturated/α-hetero) is 1. The molecule has 0 saturated heterocycles. The molecule has 1 saturated carbocycles. The fourth-order valence-corrected chi connectivity index (χ4v) is 4.96. The number of carbonyl (C=O) groups is 2. The lowest BCUT2D eigenvalue weighted by Gasteiger charge is -2.10. The summed E-state index contributed by atoms with van der Waals surface area (Å²) in [6.45, 7) is 5.33. The van der Waals surface area contributed by atoms with E-state index >= 15 is 0 Å². The molecule has 0 radical (unpaired) electrons. The number of ketones is 1. The molecule has 1 heterocycles. The molecule has 0 aliphatic heterocycles. The zero-order valence-electron chi connectivity index (χ0n) is 15.6. The smallest absolute Gasteiger partial charge is 0.272 e. The highest BCUT2D eigenvalue weighted by molar-refractivity contribution is 8.00. The Morgan fingerprint density at radius 2 is 1.85 bits per heavy atom. The number of aromatic nitrogens is 1. The third kappa shape index (κ3) is 4.04. The Labute approximate surface area is 159 Å². The number of hydrogen-bond donors (Lipinski definition) is 2. The van der Waals surface area contributed by atoms with Crippen molar-refractivity contribution < 1.29 is 9.59 Å². The van der Waals surface area contributed by atoms with Crippen LogP contribution in [0.25, 0.3) is 0 Å². The lowest BCUT2D eigenvalue weighted by Crippen LogP contribution is -2.14. The van der Waals surface area contributed by atoms with Gasteiger partial charge < -0.3 is 10.3 Å². The largest absolute Gasteiger partial charge is 0.354 e. The number of nitrogens with one attached hydrogen (secondary N) is 2. The third-order valence-electron chi connectivity index (χ3n) is 4.94. The normalized spacial score (nSPS) is 14.6. The molecule has 2 N–H and O–H groups in total. The minimum absolute atomic E-state index is 0.0112. The molecule has 5 heteroatoms. The molecule has 0 spiro atoms. The van der Waals surface area contributed by atoms with Crippen LogP contribution in [0.2, 0.25) is 0 Å². The Balaban J connectivity index is 1.71. The first kappa shape index (κ1) is 18.8. The molecular formula is C21H26N2O2S. The van der Waals surface area contributed by atoms with E-state index in [2.05, 4.69) is 22.4 Å². The number of rotatable bonds is 6. The van der Waals surface area contributed by atoms with Crippen molar-refractivity contribution in [2.75, 3.05) is 5.32 Å². The zero-order chi connectivity index (χ0) is 18.7. The molecule has 1 aromatic heterocycles. The molecule has 0 bridgehead atoms. The summed E-state index contributed by atoms with van der Waals surface area (Å²) in [6, 6.07) is 8.03. The molecule has 26 heavy (non-hydrogen) atoms. The van der Waals surface area contributed by atoms with Crippen molar-refractivity contribution >= 4 is 29.1 Å². The molecule has 0 unspecified atom stereocenters. The van der Waals surface area contributed by atoms with Crippen LogP contribution in [-0.4, -0.2) is 21.9 Å². The first-order valence-corrected chi connectivity index (χ1v) is 10.2. The summed E-state index contributed by atoms with van der Waals surface area (Å²) in [5, 5.41) is 3.67. The highest BCUT2D eigenvalue weighted by Gasteiger charge is 2.21. The maximum absolute atomic E-state index is 12.7. The average Bonchev–Trinajstić information content (AvgIpc) is 3.23. The van der Waals surface area contributed by atoms with Gasteiger partial charge in [-0.25, -0.2) is 0 Å². The second-order valence-electron chi connectivity index (χ2n) is 6.89. The number of benzene rings is 1. The number of aromatic amines is 1. The number of thioether (sulfide) groups is 1. The summed E-state index contributed by atoms with van der Waals surface area (Å²) in [5.41, 5.74) is 3.44. The van der Waals surface area contributed by atoms with Crippen LogP contribution in [0.5, 0.6) is 0 Å². The minimum Gasteiger partial charge on any atom is -0.354 e. The third-order valence-corrected chi connectivity index (χ3v) is 6.29. The monoisotopic (exact) mass is 370 g/mol. The lowest BCUT2D eigenvalue weighted by molar-refractivity contribution is 0.101. The molecule has 3 rings (SSSR count). The molecule has 1 aromatic carbocycles. The van der Waals surface area contributed by atoms with Crippen molar-refractivity contribution in [3.63, 3.8) is 0 Å². The summed E-state index contributed by atoms with van der Waals surface area (Å²) in [7, 11) is 0. The highest BCUT2D eigenvalue weighted by atomic mass is 32.2. The van der Waals surface area contributed by atoms with Gasteiger partial charge in [0.1, 0.15) is 5.69 Å². The van der Waals surface area contributed by atoms with E-state index in [0.29, 0.717) is 17.7 Å². The molecule has 1 aliphatic rings. The fourth-order valence-electron chi connectivity index (χ4n) is 3.71. The van der Waals surface area contributed by atoms with Crippen molar-refractivity contribution in [2.45, 2.75) is 63.0 Å². The Bertz CT molecular complexity index is 802. The number of amides is 1. The van der Waals surface area contributed by atoms with E-state index in [1.807, 2.05) is 37.7 Å². The van der Waals surface area contributed by atoms with Gasteiger partial charge in [-0.2, -0.15) is 0 Å². The molecule has 2 aromatic rings. The maximum Gasteiger partial charge on any atom is 0.272 e. The van der Waals surface area contributed by atoms with E-state index in [0.717, 1.165) is 22.2 Å². The van der Waals surface area contributed by atoms with Gasteiger partial charge in [0.2, 0.25) is 0 Å². The van der Waals surface area contributed by atoms with Gasteiger partial charge in [-0.05, 0) is 62.9 Å². The zero-order valence-corrected chi connectivity index (χ0v) is 16.5. The van der Waals surface area contributed by atoms with Gasteiger partial charge in [-0.1, -0.05) is 19.8 Å². The van der Waals surface area contributed by atoms with Gasteiger partial charge in [0.25, 0.3) is 5.91 Å². The van der Waals surface area contributed by atoms with E-state index in [9.17, 15) is 9.59 Å². The Morgan fingerprint density at radius 3 is 2.42 bits per heavy atom. The van der Waals surface area contributed by atoms with Crippen molar-refractivity contribution in [3.05, 3.63) is 46.8 Å². The topological polar surface area (TPSA) is 62.0 Å². The van der Waals surface area contributed by atoms with Gasteiger partial charge >= 0.3 is 0 Å². The van der Waals surface area contributed by atoms with E-state index in [1.165, 1.54) is 37.5 Å². The van der Waals surface area contributed by atoms with E-state index < -0.39 is 0 Å². The maximum atomic E-state index is 12.7. The van der Waals surface area contributed by atoms with Crippen LogP contribution >= 0.6 is 11.8 Å². The van der Waals surface area contributed by atoms with Crippen LogP contribution in [0.15, 0.2) is 29.2 Å². The number of H-pyrrole nitrogens is 1. The predicted octanol–water partition coefficient (Wildman–Crippen LogP) is 5.38. The summed E-state index contributed by atoms with van der Waals surface area (Å²) in [6.07, 6.45) is 5.91. The van der Waals surface area contributed by atoms with Gasteiger partial charge in [0, 0.05) is 27.1 Å². The number of anilines is 1. The SMILES string of the molecule is CCc1c(C(=O)Nc2ccc(SC3CCCC3)cc2)[nH]c(C)c1C(C)=O. The average molecular weight is 371 g/mol. The molecule has 1 aliphatic carbocycles. The summed E-state index contributed by atoms with van der Waals surface area (Å²) < 4.78 is 0. The van der Waals surface area contributed by atoms with Crippen molar-refractivity contribution in [3.8, 4) is 0 Å². The first-order valence-electron chi connectivity index (χ1n) is 9.30. The van der Waals surface area contributed by atoms with Crippen LogP contribution in [0.1, 0.15) is 71.6 Å². The number of aryl methyl sites for hydroxylation is 1. The van der Waals surface area contributed by atoms with Crippen molar-refractivity contribution in [2.24, 2.45) is 0 Å². The highest BCUT2D eigenvalue weighted by Crippen LogP contribution is 2.35.